The van der Waals surface area contributed by atoms with E-state index in [-0.39, 0.29) is 0 Å². The molecule has 0 spiro atoms. The Bertz CT molecular complexity index is 272. The Morgan fingerprint density at radius 1 is 1.14 bits per heavy atom. The molecule has 2 N–H and O–H groups in total. The summed E-state index contributed by atoms with van der Waals surface area (Å²) < 4.78 is 0. The van der Waals surface area contributed by atoms with Crippen LogP contribution in [0.4, 0.5) is 5.69 Å². The molecule has 1 heteroatoms. The van der Waals surface area contributed by atoms with E-state index >= 15 is 0 Å². The van der Waals surface area contributed by atoms with E-state index < -0.39 is 0 Å². The van der Waals surface area contributed by atoms with Gasteiger partial charge in [-0.15, -0.1) is 0 Å². The molecule has 0 aliphatic heterocycles. The maximum Gasteiger partial charge on any atom is 0.0314 e. The molecule has 0 fully saturated rings. The topological polar surface area (TPSA) is 26.0 Å². The summed E-state index contributed by atoms with van der Waals surface area (Å²) in [7, 11) is 0. The minimum atomic E-state index is 0.460. The van der Waals surface area contributed by atoms with Crippen molar-refractivity contribution in [2.75, 3.05) is 5.73 Å². The first-order valence-corrected chi connectivity index (χ1v) is 5.38. The molecule has 0 bridgehead atoms. The maximum atomic E-state index is 5.63. The second-order valence-electron chi connectivity index (χ2n) is 4.76. The highest BCUT2D eigenvalue weighted by Crippen LogP contribution is 2.26. The number of hydrogen-bond acceptors (Lipinski definition) is 1. The molecule has 0 heterocycles. The minimum absolute atomic E-state index is 0.460. The number of hydrogen-bond donors (Lipinski definition) is 1. The van der Waals surface area contributed by atoms with Crippen LogP contribution in [0.2, 0.25) is 0 Å². The number of nitrogen functional groups attached to an aromatic ring is 1. The van der Waals surface area contributed by atoms with Gasteiger partial charge in [0.05, 0.1) is 0 Å². The largest absolute Gasteiger partial charge is 0.399 e. The number of aryl methyl sites for hydroxylation is 1. The fraction of sp³-hybridized carbons (Fsp3) is 0.538. The highest BCUT2D eigenvalue weighted by atomic mass is 14.5. The van der Waals surface area contributed by atoms with Crippen molar-refractivity contribution in [1.82, 2.24) is 0 Å². The van der Waals surface area contributed by atoms with E-state index in [4.69, 9.17) is 5.73 Å². The van der Waals surface area contributed by atoms with E-state index in [1.54, 1.807) is 0 Å². The van der Waals surface area contributed by atoms with Crippen molar-refractivity contribution >= 4 is 5.69 Å². The molecule has 1 aromatic rings. The summed E-state index contributed by atoms with van der Waals surface area (Å²) in [5, 5.41) is 0. The number of anilines is 1. The van der Waals surface area contributed by atoms with Gasteiger partial charge in [0.15, 0.2) is 0 Å². The molecule has 0 aliphatic carbocycles. The summed E-state index contributed by atoms with van der Waals surface area (Å²) >= 11 is 0. The van der Waals surface area contributed by atoms with Crippen molar-refractivity contribution in [2.24, 2.45) is 5.41 Å². The predicted molar refractivity (Wildman–Crippen MR) is 63.2 cm³/mol. The molecule has 1 rings (SSSR count). The summed E-state index contributed by atoms with van der Waals surface area (Å²) in [4.78, 5) is 0. The third-order valence-corrected chi connectivity index (χ3v) is 3.03. The van der Waals surface area contributed by atoms with Gasteiger partial charge >= 0.3 is 0 Å². The molecule has 0 saturated heterocycles. The van der Waals surface area contributed by atoms with Crippen molar-refractivity contribution in [3.05, 3.63) is 29.8 Å². The van der Waals surface area contributed by atoms with Crippen LogP contribution in [0, 0.1) is 5.41 Å². The summed E-state index contributed by atoms with van der Waals surface area (Å²) in [5.74, 6) is 0. The Labute approximate surface area is 87.3 Å². The van der Waals surface area contributed by atoms with Crippen LogP contribution in [-0.4, -0.2) is 0 Å². The highest BCUT2D eigenvalue weighted by molar-refractivity contribution is 5.39. The minimum Gasteiger partial charge on any atom is -0.399 e. The lowest BCUT2D eigenvalue weighted by Gasteiger charge is -2.22. The molecule has 0 atom stereocenters. The Balaban J connectivity index is 2.50. The molecule has 0 saturated carbocycles. The Morgan fingerprint density at radius 3 is 2.21 bits per heavy atom. The molecule has 0 amide bonds. The number of benzene rings is 1. The van der Waals surface area contributed by atoms with Crippen LogP contribution in [0.1, 0.15) is 39.2 Å². The maximum absolute atomic E-state index is 5.63. The zero-order chi connectivity index (χ0) is 10.6. The fourth-order valence-corrected chi connectivity index (χ4v) is 1.34. The first kappa shape index (κ1) is 11.1. The van der Waals surface area contributed by atoms with E-state index in [9.17, 15) is 0 Å². The van der Waals surface area contributed by atoms with Gasteiger partial charge in [0, 0.05) is 5.69 Å². The van der Waals surface area contributed by atoms with Crippen molar-refractivity contribution in [2.45, 2.75) is 40.0 Å². The average molecular weight is 191 g/mol. The summed E-state index contributed by atoms with van der Waals surface area (Å²) in [5.41, 5.74) is 8.33. The number of nitrogens with two attached hydrogens (primary N) is 1. The quantitative estimate of drug-likeness (QED) is 0.722. The lowest BCUT2D eigenvalue weighted by atomic mass is 9.84. The summed E-state index contributed by atoms with van der Waals surface area (Å²) in [6.45, 7) is 6.90. The highest BCUT2D eigenvalue weighted by Gasteiger charge is 2.14. The van der Waals surface area contributed by atoms with Gasteiger partial charge in [-0.2, -0.15) is 0 Å². The molecule has 78 valence electrons. The summed E-state index contributed by atoms with van der Waals surface area (Å²) in [6, 6.07) is 8.21. The van der Waals surface area contributed by atoms with Crippen LogP contribution in [-0.2, 0) is 6.42 Å². The second kappa shape index (κ2) is 4.50. The molecular weight excluding hydrogens is 170 g/mol. The monoisotopic (exact) mass is 191 g/mol. The third-order valence-electron chi connectivity index (χ3n) is 3.03. The van der Waals surface area contributed by atoms with E-state index in [1.165, 1.54) is 18.4 Å². The van der Waals surface area contributed by atoms with Gasteiger partial charge in [-0.3, -0.25) is 0 Å². The Morgan fingerprint density at radius 2 is 1.71 bits per heavy atom. The SMILES string of the molecule is CCC(C)(C)CCc1ccc(N)cc1. The summed E-state index contributed by atoms with van der Waals surface area (Å²) in [6.07, 6.45) is 3.64. The molecule has 0 aromatic heterocycles. The molecule has 0 unspecified atom stereocenters. The van der Waals surface area contributed by atoms with Crippen LogP contribution in [0.5, 0.6) is 0 Å². The van der Waals surface area contributed by atoms with E-state index in [1.807, 2.05) is 12.1 Å². The normalized spacial score (nSPS) is 11.6. The Hall–Kier alpha value is -0.980. The van der Waals surface area contributed by atoms with Crippen LogP contribution in [0.15, 0.2) is 24.3 Å². The molecule has 1 nitrogen and oxygen atoms in total. The fourth-order valence-electron chi connectivity index (χ4n) is 1.34. The standard InChI is InChI=1S/C13H21N/c1-4-13(2,3)10-9-11-5-7-12(14)8-6-11/h5-8H,4,9-10,14H2,1-3H3. The van der Waals surface area contributed by atoms with Crippen molar-refractivity contribution in [3.8, 4) is 0 Å². The molecule has 0 radical (unpaired) electrons. The van der Waals surface area contributed by atoms with E-state index in [0.29, 0.717) is 5.41 Å². The van der Waals surface area contributed by atoms with Crippen molar-refractivity contribution in [3.63, 3.8) is 0 Å². The molecular formula is C13H21N. The lowest BCUT2D eigenvalue weighted by molar-refractivity contribution is 0.322. The second-order valence-corrected chi connectivity index (χ2v) is 4.76. The van der Waals surface area contributed by atoms with Gasteiger partial charge in [-0.05, 0) is 36.0 Å². The average Bonchev–Trinajstić information content (AvgIpc) is 2.17. The van der Waals surface area contributed by atoms with E-state index in [2.05, 4.69) is 32.9 Å². The van der Waals surface area contributed by atoms with E-state index in [0.717, 1.165) is 12.1 Å². The van der Waals surface area contributed by atoms with Crippen molar-refractivity contribution in [1.29, 1.82) is 0 Å². The zero-order valence-corrected chi connectivity index (χ0v) is 9.51. The van der Waals surface area contributed by atoms with Gasteiger partial charge in [0.2, 0.25) is 0 Å². The smallest absolute Gasteiger partial charge is 0.0314 e. The van der Waals surface area contributed by atoms with Gasteiger partial charge in [0.25, 0.3) is 0 Å². The van der Waals surface area contributed by atoms with Crippen molar-refractivity contribution < 1.29 is 0 Å². The van der Waals surface area contributed by atoms with Crippen LogP contribution in [0.25, 0.3) is 0 Å². The molecule has 1 aromatic carbocycles. The van der Waals surface area contributed by atoms with Gasteiger partial charge in [-0.25, -0.2) is 0 Å². The zero-order valence-electron chi connectivity index (χ0n) is 9.51. The van der Waals surface area contributed by atoms with Crippen LogP contribution >= 0.6 is 0 Å². The molecule has 14 heavy (non-hydrogen) atoms. The molecule has 0 aliphatic rings. The van der Waals surface area contributed by atoms with Gasteiger partial charge < -0.3 is 5.73 Å². The first-order chi connectivity index (χ1) is 6.53. The van der Waals surface area contributed by atoms with Gasteiger partial charge in [0.1, 0.15) is 0 Å². The lowest BCUT2D eigenvalue weighted by Crippen LogP contribution is -2.10. The first-order valence-electron chi connectivity index (χ1n) is 5.38. The van der Waals surface area contributed by atoms with Gasteiger partial charge in [-0.1, -0.05) is 39.3 Å². The number of rotatable bonds is 4. The van der Waals surface area contributed by atoms with Crippen LogP contribution in [0.3, 0.4) is 0 Å². The van der Waals surface area contributed by atoms with Crippen LogP contribution < -0.4 is 5.73 Å². The third kappa shape index (κ3) is 3.41. The Kier molecular flexibility index (Phi) is 3.56. The predicted octanol–water partition coefficient (Wildman–Crippen LogP) is 3.64.